The van der Waals surface area contributed by atoms with Gasteiger partial charge in [0.25, 0.3) is 0 Å². The molecule has 2 rings (SSSR count). The Morgan fingerprint density at radius 1 is 1.29 bits per heavy atom. The average molecular weight is 219 g/mol. The molecule has 5 heteroatoms. The Kier molecular flexibility index (Phi) is 2.57. The molecular weight excluding hydrogens is 202 g/mol. The van der Waals surface area contributed by atoms with Gasteiger partial charge in [-0.1, -0.05) is 12.8 Å². The average Bonchev–Trinajstić information content (AvgIpc) is 2.52. The highest BCUT2D eigenvalue weighted by molar-refractivity contribution is 7.88. The Morgan fingerprint density at radius 3 is 2.50 bits per heavy atom. The summed E-state index contributed by atoms with van der Waals surface area (Å²) in [6.45, 7) is 1.62. The van der Waals surface area contributed by atoms with Gasteiger partial charge in [-0.2, -0.15) is 4.31 Å². The molecule has 1 saturated heterocycles. The van der Waals surface area contributed by atoms with Crippen LogP contribution in [-0.2, 0) is 14.8 Å². The molecule has 1 heterocycles. The smallest absolute Gasteiger partial charge is 0.211 e. The van der Waals surface area contributed by atoms with E-state index in [4.69, 9.17) is 4.74 Å². The second kappa shape index (κ2) is 3.47. The first-order valence-electron chi connectivity index (χ1n) is 5.11. The Hall–Kier alpha value is -0.130. The van der Waals surface area contributed by atoms with Gasteiger partial charge in [0.2, 0.25) is 10.0 Å². The fraction of sp³-hybridized carbons (Fsp3) is 1.00. The van der Waals surface area contributed by atoms with Crippen molar-refractivity contribution in [2.24, 2.45) is 0 Å². The molecule has 0 atom stereocenters. The summed E-state index contributed by atoms with van der Waals surface area (Å²) >= 11 is 0. The Morgan fingerprint density at radius 2 is 1.93 bits per heavy atom. The molecular formula is C9H17NO3S. The fourth-order valence-corrected chi connectivity index (χ4v) is 3.29. The molecule has 0 unspecified atom stereocenters. The second-order valence-electron chi connectivity index (χ2n) is 4.34. The third-order valence-electron chi connectivity index (χ3n) is 3.20. The summed E-state index contributed by atoms with van der Waals surface area (Å²) in [4.78, 5) is 0. The van der Waals surface area contributed by atoms with Gasteiger partial charge < -0.3 is 4.74 Å². The third kappa shape index (κ3) is 1.94. The zero-order chi connectivity index (χ0) is 10.2. The van der Waals surface area contributed by atoms with Crippen LogP contribution in [0.5, 0.6) is 0 Å². The van der Waals surface area contributed by atoms with Crippen molar-refractivity contribution < 1.29 is 13.2 Å². The SMILES string of the molecule is CS(=O)(=O)N1CCOC2(CCCC2)C1. The zero-order valence-electron chi connectivity index (χ0n) is 8.53. The molecule has 0 radical (unpaired) electrons. The highest BCUT2D eigenvalue weighted by Crippen LogP contribution is 2.36. The fourth-order valence-electron chi connectivity index (χ4n) is 2.41. The topological polar surface area (TPSA) is 46.6 Å². The number of hydrogen-bond donors (Lipinski definition) is 0. The van der Waals surface area contributed by atoms with Gasteiger partial charge in [0.05, 0.1) is 18.5 Å². The maximum absolute atomic E-state index is 11.4. The molecule has 0 aromatic rings. The van der Waals surface area contributed by atoms with Crippen LogP contribution in [0.2, 0.25) is 0 Å². The summed E-state index contributed by atoms with van der Waals surface area (Å²) in [5, 5.41) is 0. The lowest BCUT2D eigenvalue weighted by Gasteiger charge is -2.39. The van der Waals surface area contributed by atoms with Gasteiger partial charge in [-0.05, 0) is 12.8 Å². The Balaban J connectivity index is 2.11. The summed E-state index contributed by atoms with van der Waals surface area (Å²) in [6, 6.07) is 0. The normalized spacial score (nSPS) is 28.4. The van der Waals surface area contributed by atoms with Crippen molar-refractivity contribution >= 4 is 10.0 Å². The third-order valence-corrected chi connectivity index (χ3v) is 4.45. The maximum Gasteiger partial charge on any atom is 0.211 e. The summed E-state index contributed by atoms with van der Waals surface area (Å²) in [7, 11) is -3.04. The van der Waals surface area contributed by atoms with Crippen LogP contribution in [0.1, 0.15) is 25.7 Å². The summed E-state index contributed by atoms with van der Waals surface area (Å²) in [5.41, 5.74) is -0.151. The molecule has 0 amide bonds. The number of hydrogen-bond acceptors (Lipinski definition) is 3. The molecule has 0 aromatic carbocycles. The first-order valence-corrected chi connectivity index (χ1v) is 6.96. The number of sulfonamides is 1. The van der Waals surface area contributed by atoms with Crippen LogP contribution in [0.4, 0.5) is 0 Å². The Labute approximate surface area is 85.3 Å². The minimum absolute atomic E-state index is 0.151. The van der Waals surface area contributed by atoms with E-state index in [2.05, 4.69) is 0 Å². The van der Waals surface area contributed by atoms with Crippen LogP contribution in [0, 0.1) is 0 Å². The summed E-state index contributed by atoms with van der Waals surface area (Å²) in [6.07, 6.45) is 5.63. The number of morpholine rings is 1. The number of rotatable bonds is 1. The van der Waals surface area contributed by atoms with Crippen LogP contribution < -0.4 is 0 Å². The largest absolute Gasteiger partial charge is 0.372 e. The molecule has 2 fully saturated rings. The van der Waals surface area contributed by atoms with E-state index < -0.39 is 10.0 Å². The van der Waals surface area contributed by atoms with Gasteiger partial charge in [0.15, 0.2) is 0 Å². The molecule has 1 aliphatic carbocycles. The lowest BCUT2D eigenvalue weighted by atomic mass is 10.0. The lowest BCUT2D eigenvalue weighted by molar-refractivity contribution is -0.0840. The van der Waals surface area contributed by atoms with Gasteiger partial charge >= 0.3 is 0 Å². The highest BCUT2D eigenvalue weighted by atomic mass is 32.2. The van der Waals surface area contributed by atoms with Crippen LogP contribution >= 0.6 is 0 Å². The molecule has 0 bridgehead atoms. The molecule has 4 nitrogen and oxygen atoms in total. The van der Waals surface area contributed by atoms with Crippen molar-refractivity contribution in [1.29, 1.82) is 0 Å². The Bertz CT molecular complexity index is 306. The van der Waals surface area contributed by atoms with E-state index >= 15 is 0 Å². The van der Waals surface area contributed by atoms with Gasteiger partial charge in [0, 0.05) is 13.1 Å². The molecule has 82 valence electrons. The van der Waals surface area contributed by atoms with Crippen LogP contribution in [0.25, 0.3) is 0 Å². The van der Waals surface area contributed by atoms with Crippen molar-refractivity contribution in [2.45, 2.75) is 31.3 Å². The van der Waals surface area contributed by atoms with Gasteiger partial charge in [0.1, 0.15) is 0 Å². The van der Waals surface area contributed by atoms with Crippen LogP contribution in [0.3, 0.4) is 0 Å². The van der Waals surface area contributed by atoms with E-state index in [1.807, 2.05) is 0 Å². The van der Waals surface area contributed by atoms with E-state index in [9.17, 15) is 8.42 Å². The van der Waals surface area contributed by atoms with Gasteiger partial charge in [-0.15, -0.1) is 0 Å². The molecule has 2 aliphatic rings. The minimum atomic E-state index is -3.04. The standard InChI is InChI=1S/C9H17NO3S/c1-14(11,12)10-6-7-13-9(8-10)4-2-3-5-9/h2-8H2,1H3. The lowest BCUT2D eigenvalue weighted by Crippen LogP contribution is -2.51. The minimum Gasteiger partial charge on any atom is -0.372 e. The maximum atomic E-state index is 11.4. The van der Waals surface area contributed by atoms with Crippen molar-refractivity contribution in [2.75, 3.05) is 26.0 Å². The first kappa shape index (κ1) is 10.4. The molecule has 1 spiro atoms. The van der Waals surface area contributed by atoms with Gasteiger partial charge in [-0.25, -0.2) is 8.42 Å². The molecule has 1 saturated carbocycles. The molecule has 1 aliphatic heterocycles. The van der Waals surface area contributed by atoms with E-state index in [0.29, 0.717) is 19.7 Å². The predicted octanol–water partition coefficient (Wildman–Crippen LogP) is 0.591. The van der Waals surface area contributed by atoms with E-state index in [1.165, 1.54) is 6.26 Å². The second-order valence-corrected chi connectivity index (χ2v) is 6.32. The van der Waals surface area contributed by atoms with Crippen LogP contribution in [0.15, 0.2) is 0 Å². The van der Waals surface area contributed by atoms with E-state index in [-0.39, 0.29) is 5.60 Å². The molecule has 0 N–H and O–H groups in total. The van der Waals surface area contributed by atoms with Crippen molar-refractivity contribution in [1.82, 2.24) is 4.31 Å². The summed E-state index contributed by atoms with van der Waals surface area (Å²) < 4.78 is 30.1. The van der Waals surface area contributed by atoms with Crippen molar-refractivity contribution in [3.05, 3.63) is 0 Å². The van der Waals surface area contributed by atoms with E-state index in [0.717, 1.165) is 25.7 Å². The first-order chi connectivity index (χ1) is 6.52. The molecule has 14 heavy (non-hydrogen) atoms. The monoisotopic (exact) mass is 219 g/mol. The van der Waals surface area contributed by atoms with Crippen molar-refractivity contribution in [3.8, 4) is 0 Å². The number of nitrogens with zero attached hydrogens (tertiary/aromatic N) is 1. The highest BCUT2D eigenvalue weighted by Gasteiger charge is 2.41. The van der Waals surface area contributed by atoms with Crippen LogP contribution in [-0.4, -0.2) is 44.3 Å². The summed E-state index contributed by atoms with van der Waals surface area (Å²) in [5.74, 6) is 0. The van der Waals surface area contributed by atoms with E-state index in [1.54, 1.807) is 4.31 Å². The van der Waals surface area contributed by atoms with Gasteiger partial charge in [-0.3, -0.25) is 0 Å². The number of ether oxygens (including phenoxy) is 1. The zero-order valence-corrected chi connectivity index (χ0v) is 9.35. The predicted molar refractivity (Wildman–Crippen MR) is 53.6 cm³/mol. The quantitative estimate of drug-likeness (QED) is 0.648. The molecule has 0 aromatic heterocycles. The van der Waals surface area contributed by atoms with Crippen molar-refractivity contribution in [3.63, 3.8) is 0 Å².